The molecule has 1 rings (SSSR count). The second-order valence-corrected chi connectivity index (χ2v) is 3.93. The number of hydrogen-bond acceptors (Lipinski definition) is 3. The minimum absolute atomic E-state index is 0.0544. The smallest absolute Gasteiger partial charge is 0.272 e. The average Bonchev–Trinajstić information content (AvgIpc) is 2.39. The van der Waals surface area contributed by atoms with Gasteiger partial charge < -0.3 is 10.0 Å². The summed E-state index contributed by atoms with van der Waals surface area (Å²) in [6, 6.07) is 3.45. The number of amides is 1. The van der Waals surface area contributed by atoms with Gasteiger partial charge in [0.2, 0.25) is 0 Å². The van der Waals surface area contributed by atoms with Crippen molar-refractivity contribution in [1.29, 1.82) is 0 Å². The summed E-state index contributed by atoms with van der Waals surface area (Å²) in [7, 11) is 1.77. The zero-order valence-corrected chi connectivity index (χ0v) is 10.8. The molecule has 0 atom stereocenters. The highest BCUT2D eigenvalue weighted by Crippen LogP contribution is 2.03. The molecule has 0 aliphatic carbocycles. The molecule has 0 spiro atoms. The van der Waals surface area contributed by atoms with Crippen molar-refractivity contribution < 1.29 is 9.90 Å². The fraction of sp³-hybridized carbons (Fsp3) is 0.429. The Hall–Kier alpha value is -1.86. The molecule has 0 saturated heterocycles. The van der Waals surface area contributed by atoms with Crippen LogP contribution in [0.3, 0.4) is 0 Å². The molecule has 1 aromatic heterocycles. The molecule has 96 valence electrons. The van der Waals surface area contributed by atoms with E-state index in [-0.39, 0.29) is 12.5 Å². The number of aliphatic hydroxyl groups excluding tert-OH is 1. The van der Waals surface area contributed by atoms with Crippen LogP contribution in [-0.4, -0.2) is 41.1 Å². The number of carbonyl (C=O) groups is 1. The van der Waals surface area contributed by atoms with Gasteiger partial charge in [-0.25, -0.2) is 4.98 Å². The Bertz CT molecular complexity index is 443. The van der Waals surface area contributed by atoms with Gasteiger partial charge >= 0.3 is 0 Å². The monoisotopic (exact) mass is 246 g/mol. The van der Waals surface area contributed by atoms with E-state index in [2.05, 4.69) is 16.8 Å². The van der Waals surface area contributed by atoms with Crippen molar-refractivity contribution in [2.45, 2.75) is 19.8 Å². The maximum absolute atomic E-state index is 11.9. The summed E-state index contributed by atoms with van der Waals surface area (Å²) in [5.41, 5.74) is 1.18. The molecule has 0 aromatic carbocycles. The van der Waals surface area contributed by atoms with Gasteiger partial charge in [0.05, 0.1) is 6.61 Å². The van der Waals surface area contributed by atoms with Gasteiger partial charge in [0.25, 0.3) is 5.91 Å². The van der Waals surface area contributed by atoms with Gasteiger partial charge in [0, 0.05) is 31.8 Å². The maximum atomic E-state index is 11.9. The van der Waals surface area contributed by atoms with Crippen LogP contribution < -0.4 is 0 Å². The van der Waals surface area contributed by atoms with Gasteiger partial charge in [-0.3, -0.25) is 4.79 Å². The molecule has 0 saturated carbocycles. The van der Waals surface area contributed by atoms with Crippen molar-refractivity contribution in [3.05, 3.63) is 29.6 Å². The topological polar surface area (TPSA) is 53.4 Å². The Balaban J connectivity index is 2.71. The number of carbonyl (C=O) groups excluding carboxylic acids is 1. The Labute approximate surface area is 108 Å². The zero-order valence-electron chi connectivity index (χ0n) is 10.8. The molecule has 0 aliphatic heterocycles. The van der Waals surface area contributed by atoms with Crippen LogP contribution in [0, 0.1) is 11.8 Å². The molecule has 0 bridgehead atoms. The van der Waals surface area contributed by atoms with Crippen molar-refractivity contribution in [1.82, 2.24) is 9.88 Å². The summed E-state index contributed by atoms with van der Waals surface area (Å²) in [4.78, 5) is 17.7. The number of aromatic nitrogens is 1. The lowest BCUT2D eigenvalue weighted by Gasteiger charge is -2.15. The van der Waals surface area contributed by atoms with Gasteiger partial charge in [-0.1, -0.05) is 18.8 Å². The van der Waals surface area contributed by atoms with Gasteiger partial charge in [-0.2, -0.15) is 0 Å². The first-order chi connectivity index (χ1) is 8.69. The lowest BCUT2D eigenvalue weighted by molar-refractivity contribution is 0.0789. The molecule has 0 fully saturated rings. The van der Waals surface area contributed by atoms with Crippen molar-refractivity contribution in [3.63, 3.8) is 0 Å². The summed E-state index contributed by atoms with van der Waals surface area (Å²) < 4.78 is 0. The highest BCUT2D eigenvalue weighted by Gasteiger charge is 2.11. The van der Waals surface area contributed by atoms with Crippen LogP contribution in [0.5, 0.6) is 0 Å². The van der Waals surface area contributed by atoms with Crippen molar-refractivity contribution in [3.8, 4) is 11.8 Å². The highest BCUT2D eigenvalue weighted by atomic mass is 16.2. The number of rotatable bonds is 4. The molecule has 0 aliphatic rings. The van der Waals surface area contributed by atoms with Gasteiger partial charge in [0.15, 0.2) is 0 Å². The van der Waals surface area contributed by atoms with Crippen LogP contribution in [0.25, 0.3) is 0 Å². The Kier molecular flexibility index (Phi) is 5.89. The van der Waals surface area contributed by atoms with Crippen molar-refractivity contribution >= 4 is 5.91 Å². The van der Waals surface area contributed by atoms with Crippen molar-refractivity contribution in [2.24, 2.45) is 0 Å². The first kappa shape index (κ1) is 14.2. The number of nitrogens with zero attached hydrogens (tertiary/aromatic N) is 2. The van der Waals surface area contributed by atoms with E-state index in [1.807, 2.05) is 6.92 Å². The number of pyridine rings is 1. The maximum Gasteiger partial charge on any atom is 0.272 e. The first-order valence-corrected chi connectivity index (χ1v) is 6.00. The second kappa shape index (κ2) is 7.46. The fourth-order valence-electron chi connectivity index (χ4n) is 1.45. The molecule has 1 heterocycles. The third kappa shape index (κ3) is 4.19. The summed E-state index contributed by atoms with van der Waals surface area (Å²) in [5, 5.41) is 8.60. The molecule has 1 amide bonds. The van der Waals surface area contributed by atoms with Gasteiger partial charge in [0.1, 0.15) is 5.69 Å². The SMILES string of the molecule is CCCN(C)C(=O)c1ccc(C#CCCO)cn1. The van der Waals surface area contributed by atoms with Crippen molar-refractivity contribution in [2.75, 3.05) is 20.2 Å². The predicted molar refractivity (Wildman–Crippen MR) is 70.1 cm³/mol. The summed E-state index contributed by atoms with van der Waals surface area (Å²) in [5.74, 6) is 5.60. The molecular weight excluding hydrogens is 228 g/mol. The minimum atomic E-state index is -0.0771. The van der Waals surface area contributed by atoms with Crippen LogP contribution in [0.2, 0.25) is 0 Å². The lowest BCUT2D eigenvalue weighted by atomic mass is 10.2. The van der Waals surface area contributed by atoms with Crippen LogP contribution in [0.1, 0.15) is 35.8 Å². The van der Waals surface area contributed by atoms with E-state index in [4.69, 9.17) is 5.11 Å². The van der Waals surface area contributed by atoms with Gasteiger partial charge in [-0.05, 0) is 18.6 Å². The molecule has 0 unspecified atom stereocenters. The Morgan fingerprint density at radius 1 is 1.50 bits per heavy atom. The molecule has 1 N–H and O–H groups in total. The van der Waals surface area contributed by atoms with E-state index >= 15 is 0 Å². The van der Waals surface area contributed by atoms with Crippen LogP contribution in [-0.2, 0) is 0 Å². The molecule has 4 nitrogen and oxygen atoms in total. The van der Waals surface area contributed by atoms with Crippen LogP contribution >= 0.6 is 0 Å². The highest BCUT2D eigenvalue weighted by molar-refractivity contribution is 5.92. The number of hydrogen-bond donors (Lipinski definition) is 1. The standard InChI is InChI=1S/C14H18N2O2/c1-3-9-16(2)14(18)13-8-7-12(11-15-13)6-4-5-10-17/h7-8,11,17H,3,5,9-10H2,1-2H3. The predicted octanol–water partition coefficient (Wildman–Crippen LogP) is 1.30. The zero-order chi connectivity index (χ0) is 13.4. The van der Waals surface area contributed by atoms with Gasteiger partial charge in [-0.15, -0.1) is 0 Å². The molecule has 18 heavy (non-hydrogen) atoms. The lowest BCUT2D eigenvalue weighted by Crippen LogP contribution is -2.28. The average molecular weight is 246 g/mol. The molecule has 4 heteroatoms. The third-order valence-corrected chi connectivity index (χ3v) is 2.36. The number of aliphatic hydroxyl groups is 1. The first-order valence-electron chi connectivity index (χ1n) is 6.00. The quantitative estimate of drug-likeness (QED) is 0.815. The normalized spacial score (nSPS) is 9.50. The summed E-state index contributed by atoms with van der Waals surface area (Å²) >= 11 is 0. The Morgan fingerprint density at radius 3 is 2.83 bits per heavy atom. The Morgan fingerprint density at radius 2 is 2.28 bits per heavy atom. The second-order valence-electron chi connectivity index (χ2n) is 3.93. The van der Waals surface area contributed by atoms with Crippen LogP contribution in [0.4, 0.5) is 0 Å². The minimum Gasteiger partial charge on any atom is -0.395 e. The molecule has 0 radical (unpaired) electrons. The van der Waals surface area contributed by atoms with E-state index < -0.39 is 0 Å². The van der Waals surface area contributed by atoms with E-state index in [0.717, 1.165) is 18.5 Å². The molecule has 1 aromatic rings. The largest absolute Gasteiger partial charge is 0.395 e. The van der Waals surface area contributed by atoms with E-state index in [9.17, 15) is 4.79 Å². The third-order valence-electron chi connectivity index (χ3n) is 2.36. The van der Waals surface area contributed by atoms with E-state index in [1.54, 1.807) is 30.3 Å². The summed E-state index contributed by atoms with van der Waals surface area (Å²) in [6.45, 7) is 2.80. The molecular formula is C14H18N2O2. The fourth-order valence-corrected chi connectivity index (χ4v) is 1.45. The van der Waals surface area contributed by atoms with E-state index in [0.29, 0.717) is 12.1 Å². The van der Waals surface area contributed by atoms with E-state index in [1.165, 1.54) is 0 Å². The van der Waals surface area contributed by atoms with Crippen LogP contribution in [0.15, 0.2) is 18.3 Å². The summed E-state index contributed by atoms with van der Waals surface area (Å²) in [6.07, 6.45) is 2.95.